The van der Waals surface area contributed by atoms with E-state index in [4.69, 9.17) is 19.5 Å². The molecule has 3 amide bonds. The zero-order valence-corrected chi connectivity index (χ0v) is 34.6. The van der Waals surface area contributed by atoms with E-state index in [0.29, 0.717) is 50.6 Å². The number of anilines is 1. The number of carboxylic acids is 1. The van der Waals surface area contributed by atoms with Crippen LogP contribution in [0, 0.1) is 11.3 Å². The van der Waals surface area contributed by atoms with E-state index < -0.39 is 53.6 Å². The van der Waals surface area contributed by atoms with Crippen LogP contribution in [0.1, 0.15) is 55.4 Å². The fraction of sp³-hybridized carbons (Fsp3) is 0.180. The molecular formula is C50H39F3N4O8. The van der Waals surface area contributed by atoms with E-state index in [1.165, 1.54) is 17.0 Å². The summed E-state index contributed by atoms with van der Waals surface area (Å²) in [5, 5.41) is 24.9. The second-order valence-corrected chi connectivity index (χ2v) is 15.5. The van der Waals surface area contributed by atoms with Crippen molar-refractivity contribution in [3.8, 4) is 34.4 Å². The van der Waals surface area contributed by atoms with Crippen molar-refractivity contribution in [3.05, 3.63) is 178 Å². The molecule has 0 aromatic heterocycles. The van der Waals surface area contributed by atoms with Gasteiger partial charge in [0.15, 0.2) is 0 Å². The highest BCUT2D eigenvalue weighted by Crippen LogP contribution is 2.41. The first-order valence-corrected chi connectivity index (χ1v) is 20.4. The zero-order chi connectivity index (χ0) is 45.8. The van der Waals surface area contributed by atoms with Crippen LogP contribution in [0.2, 0.25) is 0 Å². The molecule has 2 aliphatic heterocycles. The Labute approximate surface area is 370 Å². The average molecular weight is 881 g/mol. The van der Waals surface area contributed by atoms with E-state index in [1.807, 2.05) is 24.3 Å². The number of aliphatic carboxylic acids is 1. The van der Waals surface area contributed by atoms with Gasteiger partial charge in [-0.2, -0.15) is 18.4 Å². The van der Waals surface area contributed by atoms with Gasteiger partial charge in [-0.1, -0.05) is 72.8 Å². The van der Waals surface area contributed by atoms with Crippen molar-refractivity contribution in [1.29, 1.82) is 5.26 Å². The smallest absolute Gasteiger partial charge is 0.419 e. The number of amides is 3. The van der Waals surface area contributed by atoms with Gasteiger partial charge in [0.05, 0.1) is 30.0 Å². The van der Waals surface area contributed by atoms with E-state index in [1.54, 1.807) is 91.0 Å². The van der Waals surface area contributed by atoms with Gasteiger partial charge in [-0.25, -0.2) is 4.79 Å². The summed E-state index contributed by atoms with van der Waals surface area (Å²) < 4.78 is 57.4. The minimum Gasteiger partial charge on any atom is -0.496 e. The fourth-order valence-electron chi connectivity index (χ4n) is 7.85. The van der Waals surface area contributed by atoms with Crippen molar-refractivity contribution in [2.75, 3.05) is 12.4 Å². The Balaban J connectivity index is 0.979. The number of halogens is 3. The normalized spacial score (nSPS) is 15.8. The molecule has 65 heavy (non-hydrogen) atoms. The molecule has 2 heterocycles. The molecule has 6 aromatic rings. The Morgan fingerprint density at radius 1 is 0.892 bits per heavy atom. The van der Waals surface area contributed by atoms with Crippen LogP contribution in [-0.4, -0.2) is 52.9 Å². The third-order valence-electron chi connectivity index (χ3n) is 11.3. The van der Waals surface area contributed by atoms with Gasteiger partial charge in [0.1, 0.15) is 35.9 Å². The SMILES string of the molecule is COc1ccc(COc2ccc(C3Oc4cc5c(cc4NC3=O)C[C@@H](C(=O)N[C@@H](Cc3ccc(-c4ccc(C#N)cc4)cc3)C(=O)O)N(C(=O)c3ccccc3)C5)cc2)cc1C(F)(F)F. The predicted molar refractivity (Wildman–Crippen MR) is 231 cm³/mol. The Kier molecular flexibility index (Phi) is 12.3. The molecule has 0 radical (unpaired) electrons. The van der Waals surface area contributed by atoms with Crippen molar-refractivity contribution >= 4 is 29.4 Å². The second-order valence-electron chi connectivity index (χ2n) is 15.5. The van der Waals surface area contributed by atoms with Gasteiger partial charge < -0.3 is 34.9 Å². The standard InChI is InChI=1S/C50H39F3N4O8/c1-63-43-20-11-31(21-39(43)50(51,52)53)28-64-38-18-16-34(17-19-38)45-47(59)55-40-23-36-24-42(57(27-37(36)25-44(40)65-45)48(60)35-5-3-2-4-6-35)46(58)56-41(49(61)62)22-29-7-12-32(13-8-29)33-14-9-30(26-54)10-15-33/h2-21,23,25,41-42,45H,22,24,27-28H2,1H3,(H,55,59)(H,56,58)(H,61,62)/t41-,42-,45?/m0/s1. The highest BCUT2D eigenvalue weighted by atomic mass is 19.4. The first-order chi connectivity index (χ1) is 31.3. The maximum atomic E-state index is 14.2. The number of hydrogen-bond donors (Lipinski definition) is 3. The van der Waals surface area contributed by atoms with Gasteiger partial charge in [0.2, 0.25) is 12.0 Å². The van der Waals surface area contributed by atoms with Crippen LogP contribution in [0.3, 0.4) is 0 Å². The molecule has 3 atom stereocenters. The molecule has 0 aliphatic carbocycles. The molecule has 0 bridgehead atoms. The van der Waals surface area contributed by atoms with Crippen molar-refractivity contribution in [2.24, 2.45) is 0 Å². The summed E-state index contributed by atoms with van der Waals surface area (Å²) in [6, 6.07) is 35.8. The number of methoxy groups -OCH3 is 1. The number of rotatable bonds is 12. The van der Waals surface area contributed by atoms with Crippen LogP contribution in [-0.2, 0) is 46.6 Å². The Hall–Kier alpha value is -8.12. The van der Waals surface area contributed by atoms with Gasteiger partial charge in [0, 0.05) is 30.5 Å². The third kappa shape index (κ3) is 9.62. The van der Waals surface area contributed by atoms with Crippen molar-refractivity contribution in [3.63, 3.8) is 0 Å². The number of ether oxygens (including phenoxy) is 3. The third-order valence-corrected chi connectivity index (χ3v) is 11.3. The van der Waals surface area contributed by atoms with Crippen LogP contribution in [0.15, 0.2) is 133 Å². The lowest BCUT2D eigenvalue weighted by atomic mass is 9.91. The molecular weight excluding hydrogens is 842 g/mol. The van der Waals surface area contributed by atoms with Gasteiger partial charge in [-0.05, 0) is 94.0 Å². The van der Waals surface area contributed by atoms with E-state index in [0.717, 1.165) is 24.3 Å². The minimum absolute atomic E-state index is 0.00739. The van der Waals surface area contributed by atoms with Crippen molar-refractivity contribution < 1.29 is 51.7 Å². The molecule has 0 saturated carbocycles. The highest BCUT2D eigenvalue weighted by Gasteiger charge is 2.39. The summed E-state index contributed by atoms with van der Waals surface area (Å²) in [5.74, 6) is -2.48. The molecule has 2 aliphatic rings. The molecule has 0 spiro atoms. The number of carbonyl (C=O) groups is 4. The van der Waals surface area contributed by atoms with Crippen LogP contribution in [0.4, 0.5) is 18.9 Å². The lowest BCUT2D eigenvalue weighted by molar-refractivity contribution is -0.142. The number of nitrogens with zero attached hydrogens (tertiary/aromatic N) is 2. The fourth-order valence-corrected chi connectivity index (χ4v) is 7.85. The predicted octanol–water partition coefficient (Wildman–Crippen LogP) is 8.28. The topological polar surface area (TPSA) is 167 Å². The van der Waals surface area contributed by atoms with Crippen LogP contribution in [0.25, 0.3) is 11.1 Å². The zero-order valence-electron chi connectivity index (χ0n) is 34.6. The maximum Gasteiger partial charge on any atom is 0.419 e. The molecule has 328 valence electrons. The number of nitrogens with one attached hydrogen (secondary N) is 2. The monoisotopic (exact) mass is 880 g/mol. The van der Waals surface area contributed by atoms with Gasteiger partial charge in [0.25, 0.3) is 11.8 Å². The lowest BCUT2D eigenvalue weighted by Crippen LogP contribution is -2.56. The van der Waals surface area contributed by atoms with Gasteiger partial charge in [-0.15, -0.1) is 0 Å². The summed E-state index contributed by atoms with van der Waals surface area (Å²) in [5.41, 5.74) is 4.73. The number of hydrogen-bond acceptors (Lipinski definition) is 8. The van der Waals surface area contributed by atoms with Crippen LogP contribution >= 0.6 is 0 Å². The molecule has 12 nitrogen and oxygen atoms in total. The number of alkyl halides is 3. The molecule has 15 heteroatoms. The van der Waals surface area contributed by atoms with Crippen LogP contribution in [0.5, 0.6) is 17.2 Å². The number of benzene rings is 6. The molecule has 8 rings (SSSR count). The first-order valence-electron chi connectivity index (χ1n) is 20.4. The Morgan fingerprint density at radius 2 is 1.57 bits per heavy atom. The average Bonchev–Trinajstić information content (AvgIpc) is 3.32. The quantitative estimate of drug-likeness (QED) is 0.110. The second kappa shape index (κ2) is 18.3. The summed E-state index contributed by atoms with van der Waals surface area (Å²) in [4.78, 5) is 55.7. The van der Waals surface area contributed by atoms with Gasteiger partial charge >= 0.3 is 12.1 Å². The van der Waals surface area contributed by atoms with E-state index >= 15 is 0 Å². The maximum absolute atomic E-state index is 14.2. The molecule has 6 aromatic carbocycles. The van der Waals surface area contributed by atoms with E-state index in [2.05, 4.69) is 16.7 Å². The summed E-state index contributed by atoms with van der Waals surface area (Å²) in [6.45, 7) is -0.190. The van der Waals surface area contributed by atoms with E-state index in [9.17, 15) is 37.5 Å². The number of fused-ring (bicyclic) bond motifs is 2. The highest BCUT2D eigenvalue weighted by molar-refractivity contribution is 6.00. The van der Waals surface area contributed by atoms with Gasteiger partial charge in [-0.3, -0.25) is 14.4 Å². The summed E-state index contributed by atoms with van der Waals surface area (Å²) >= 11 is 0. The minimum atomic E-state index is -4.61. The van der Waals surface area contributed by atoms with Crippen molar-refractivity contribution in [1.82, 2.24) is 10.2 Å². The molecule has 0 fully saturated rings. The largest absolute Gasteiger partial charge is 0.496 e. The number of nitriles is 1. The number of carboxylic acid groups (broad SMARTS) is 1. The Bertz CT molecular complexity index is 2810. The van der Waals surface area contributed by atoms with Crippen LogP contribution < -0.4 is 24.8 Å². The molecule has 0 saturated heterocycles. The number of carbonyl (C=O) groups excluding carboxylic acids is 3. The van der Waals surface area contributed by atoms with Crippen molar-refractivity contribution in [2.45, 2.75) is 50.4 Å². The first kappa shape index (κ1) is 43.5. The molecule has 1 unspecified atom stereocenters. The van der Waals surface area contributed by atoms with E-state index in [-0.39, 0.29) is 37.3 Å². The summed E-state index contributed by atoms with van der Waals surface area (Å²) in [6.07, 6.45) is -5.73. The summed E-state index contributed by atoms with van der Waals surface area (Å²) in [7, 11) is 1.16. The lowest BCUT2D eigenvalue weighted by Gasteiger charge is -2.37. The molecule has 3 N–H and O–H groups in total. The Morgan fingerprint density at radius 3 is 2.22 bits per heavy atom.